The third-order valence-corrected chi connectivity index (χ3v) is 3.31. The zero-order chi connectivity index (χ0) is 17.0. The molecule has 0 unspecified atom stereocenters. The Morgan fingerprint density at radius 2 is 1.30 bits per heavy atom. The van der Waals surface area contributed by atoms with Crippen molar-refractivity contribution in [2.24, 2.45) is 0 Å². The molecule has 2 rings (SSSR count). The number of hydrogen-bond donors (Lipinski definition) is 2. The summed E-state index contributed by atoms with van der Waals surface area (Å²) in [5.74, 6) is -2.35. The minimum Gasteiger partial charge on any atom is -0.318 e. The van der Waals surface area contributed by atoms with E-state index >= 15 is 0 Å². The second kappa shape index (κ2) is 6.60. The van der Waals surface area contributed by atoms with Gasteiger partial charge in [0.15, 0.2) is 0 Å². The molecule has 2 amide bonds. The zero-order valence-corrected chi connectivity index (χ0v) is 13.3. The van der Waals surface area contributed by atoms with Crippen molar-refractivity contribution in [3.63, 3.8) is 0 Å². The minimum absolute atomic E-state index is 0.0308. The van der Waals surface area contributed by atoms with E-state index in [4.69, 9.17) is 0 Å². The SMILES string of the molecule is CC(C)(C)c1ccccc1NC(=O)C(=O)Nc1ccccc1F. The fourth-order valence-electron chi connectivity index (χ4n) is 2.17. The van der Waals surface area contributed by atoms with Gasteiger partial charge in [-0.3, -0.25) is 9.59 Å². The molecule has 0 radical (unpaired) electrons. The topological polar surface area (TPSA) is 58.2 Å². The fraction of sp³-hybridized carbons (Fsp3) is 0.222. The molecule has 0 aromatic heterocycles. The van der Waals surface area contributed by atoms with Gasteiger partial charge < -0.3 is 10.6 Å². The summed E-state index contributed by atoms with van der Waals surface area (Å²) in [4.78, 5) is 24.0. The molecule has 120 valence electrons. The molecule has 0 bridgehead atoms. The van der Waals surface area contributed by atoms with Crippen LogP contribution in [-0.4, -0.2) is 11.8 Å². The van der Waals surface area contributed by atoms with Crippen molar-refractivity contribution in [1.29, 1.82) is 0 Å². The highest BCUT2D eigenvalue weighted by Gasteiger charge is 2.21. The van der Waals surface area contributed by atoms with E-state index in [9.17, 15) is 14.0 Å². The van der Waals surface area contributed by atoms with Crippen LogP contribution in [0.5, 0.6) is 0 Å². The molecular weight excluding hydrogens is 295 g/mol. The van der Waals surface area contributed by atoms with E-state index in [0.717, 1.165) is 5.56 Å². The molecule has 2 aromatic carbocycles. The Hall–Kier alpha value is -2.69. The van der Waals surface area contributed by atoms with Crippen molar-refractivity contribution in [1.82, 2.24) is 0 Å². The summed E-state index contributed by atoms with van der Waals surface area (Å²) >= 11 is 0. The Morgan fingerprint density at radius 1 is 0.826 bits per heavy atom. The quantitative estimate of drug-likeness (QED) is 0.830. The van der Waals surface area contributed by atoms with E-state index in [2.05, 4.69) is 10.6 Å². The molecule has 4 nitrogen and oxygen atoms in total. The molecule has 0 saturated heterocycles. The van der Waals surface area contributed by atoms with Gasteiger partial charge in [-0.1, -0.05) is 51.1 Å². The van der Waals surface area contributed by atoms with Crippen molar-refractivity contribution in [2.45, 2.75) is 26.2 Å². The predicted octanol–water partition coefficient (Wildman–Crippen LogP) is 3.70. The first-order valence-electron chi connectivity index (χ1n) is 7.25. The number of hydrogen-bond acceptors (Lipinski definition) is 2. The lowest BCUT2D eigenvalue weighted by Gasteiger charge is -2.22. The van der Waals surface area contributed by atoms with E-state index in [-0.39, 0.29) is 11.1 Å². The predicted molar refractivity (Wildman–Crippen MR) is 88.8 cm³/mol. The number of nitrogens with one attached hydrogen (secondary N) is 2. The van der Waals surface area contributed by atoms with Crippen LogP contribution in [0.2, 0.25) is 0 Å². The molecule has 0 heterocycles. The van der Waals surface area contributed by atoms with Gasteiger partial charge in [-0.25, -0.2) is 4.39 Å². The third-order valence-electron chi connectivity index (χ3n) is 3.31. The van der Waals surface area contributed by atoms with E-state index < -0.39 is 17.6 Å². The fourth-order valence-corrected chi connectivity index (χ4v) is 2.17. The molecule has 0 aliphatic rings. The maximum absolute atomic E-state index is 13.5. The van der Waals surface area contributed by atoms with Crippen LogP contribution >= 0.6 is 0 Å². The van der Waals surface area contributed by atoms with Crippen molar-refractivity contribution >= 4 is 23.2 Å². The summed E-state index contributed by atoms with van der Waals surface area (Å²) in [7, 11) is 0. The maximum Gasteiger partial charge on any atom is 0.314 e. The van der Waals surface area contributed by atoms with Crippen LogP contribution in [0.25, 0.3) is 0 Å². The molecule has 5 heteroatoms. The van der Waals surface area contributed by atoms with Crippen LogP contribution in [0.1, 0.15) is 26.3 Å². The largest absolute Gasteiger partial charge is 0.318 e. The normalized spacial score (nSPS) is 11.0. The standard InChI is InChI=1S/C18H19FN2O2/c1-18(2,3)12-8-4-6-10-14(12)20-16(22)17(23)21-15-11-7-5-9-13(15)19/h4-11H,1-3H3,(H,20,22)(H,21,23). The molecule has 0 aliphatic heterocycles. The molecule has 2 aromatic rings. The van der Waals surface area contributed by atoms with Crippen molar-refractivity contribution in [3.8, 4) is 0 Å². The summed E-state index contributed by atoms with van der Waals surface area (Å²) < 4.78 is 13.5. The van der Waals surface area contributed by atoms with Gasteiger partial charge in [0.25, 0.3) is 0 Å². The van der Waals surface area contributed by atoms with Crippen molar-refractivity contribution in [2.75, 3.05) is 10.6 Å². The Bertz CT molecular complexity index is 736. The number of carbonyl (C=O) groups excluding carboxylic acids is 2. The van der Waals surface area contributed by atoms with E-state index in [1.54, 1.807) is 18.2 Å². The number of amides is 2. The van der Waals surface area contributed by atoms with Crippen molar-refractivity contribution in [3.05, 3.63) is 59.9 Å². The van der Waals surface area contributed by atoms with Crippen LogP contribution in [0.4, 0.5) is 15.8 Å². The van der Waals surface area contributed by atoms with Gasteiger partial charge >= 0.3 is 11.8 Å². The van der Waals surface area contributed by atoms with Gasteiger partial charge in [0, 0.05) is 5.69 Å². The second-order valence-corrected chi connectivity index (χ2v) is 6.18. The van der Waals surface area contributed by atoms with E-state index in [1.807, 2.05) is 32.9 Å². The van der Waals surface area contributed by atoms with E-state index in [1.165, 1.54) is 18.2 Å². The lowest BCUT2D eigenvalue weighted by molar-refractivity contribution is -0.133. The molecule has 0 spiro atoms. The van der Waals surface area contributed by atoms with Crippen LogP contribution < -0.4 is 10.6 Å². The molecule has 0 saturated carbocycles. The van der Waals surface area contributed by atoms with Crippen LogP contribution in [0.3, 0.4) is 0 Å². The molecule has 0 atom stereocenters. The summed E-state index contributed by atoms with van der Waals surface area (Å²) in [6.07, 6.45) is 0. The number of anilines is 2. The van der Waals surface area contributed by atoms with Gasteiger partial charge in [0.05, 0.1) is 5.69 Å². The average molecular weight is 314 g/mol. The van der Waals surface area contributed by atoms with Gasteiger partial charge in [0.1, 0.15) is 5.82 Å². The van der Waals surface area contributed by atoms with Gasteiger partial charge in [0.2, 0.25) is 0 Å². The first kappa shape index (κ1) is 16.7. The Morgan fingerprint density at radius 3 is 1.87 bits per heavy atom. The number of benzene rings is 2. The molecular formula is C18H19FN2O2. The average Bonchev–Trinajstić information content (AvgIpc) is 2.49. The van der Waals surface area contributed by atoms with Crippen LogP contribution in [-0.2, 0) is 15.0 Å². The number of halogens is 1. The summed E-state index contributed by atoms with van der Waals surface area (Å²) in [6, 6.07) is 13.0. The first-order valence-corrected chi connectivity index (χ1v) is 7.25. The highest BCUT2D eigenvalue weighted by Crippen LogP contribution is 2.29. The van der Waals surface area contributed by atoms with Crippen molar-refractivity contribution < 1.29 is 14.0 Å². The Kier molecular flexibility index (Phi) is 4.79. The number of para-hydroxylation sites is 2. The lowest BCUT2D eigenvalue weighted by Crippen LogP contribution is -2.30. The van der Waals surface area contributed by atoms with Gasteiger partial charge in [-0.05, 0) is 29.2 Å². The molecule has 0 aliphatic carbocycles. The summed E-state index contributed by atoms with van der Waals surface area (Å²) in [5, 5.41) is 4.85. The Labute approximate surface area is 134 Å². The molecule has 2 N–H and O–H groups in total. The zero-order valence-electron chi connectivity index (χ0n) is 13.3. The highest BCUT2D eigenvalue weighted by atomic mass is 19.1. The van der Waals surface area contributed by atoms with Crippen LogP contribution in [0, 0.1) is 5.82 Å². The number of carbonyl (C=O) groups is 2. The lowest BCUT2D eigenvalue weighted by atomic mass is 9.86. The smallest absolute Gasteiger partial charge is 0.314 e. The highest BCUT2D eigenvalue weighted by molar-refractivity contribution is 6.43. The van der Waals surface area contributed by atoms with E-state index in [0.29, 0.717) is 5.69 Å². The second-order valence-electron chi connectivity index (χ2n) is 6.18. The summed E-state index contributed by atoms with van der Waals surface area (Å²) in [5.41, 5.74) is 1.25. The number of rotatable bonds is 2. The van der Waals surface area contributed by atoms with Gasteiger partial charge in [-0.2, -0.15) is 0 Å². The maximum atomic E-state index is 13.5. The first-order chi connectivity index (χ1) is 10.8. The molecule has 23 heavy (non-hydrogen) atoms. The Balaban J connectivity index is 2.14. The third kappa shape index (κ3) is 4.16. The van der Waals surface area contributed by atoms with Gasteiger partial charge in [-0.15, -0.1) is 0 Å². The summed E-state index contributed by atoms with van der Waals surface area (Å²) in [6.45, 7) is 6.03. The van der Waals surface area contributed by atoms with Crippen LogP contribution in [0.15, 0.2) is 48.5 Å². The molecule has 0 fully saturated rings. The monoisotopic (exact) mass is 314 g/mol. The minimum atomic E-state index is -0.918.